The maximum absolute atomic E-state index is 11.7. The van der Waals surface area contributed by atoms with Crippen LogP contribution in [0, 0.1) is 5.92 Å². The molecule has 1 aliphatic carbocycles. The Bertz CT molecular complexity index is 194. The van der Waals surface area contributed by atoms with Crippen LogP contribution in [0.25, 0.3) is 0 Å². The Morgan fingerprint density at radius 3 is 2.38 bits per heavy atom. The van der Waals surface area contributed by atoms with Gasteiger partial charge in [-0.2, -0.15) is 0 Å². The predicted molar refractivity (Wildman–Crippen MR) is 58.0 cm³/mol. The van der Waals surface area contributed by atoms with Gasteiger partial charge in [-0.25, -0.2) is 0 Å². The zero-order chi connectivity index (χ0) is 10.1. The summed E-state index contributed by atoms with van der Waals surface area (Å²) in [7, 11) is 1.89. The molecular formula is C10H18BrNO. The lowest BCUT2D eigenvalue weighted by molar-refractivity contribution is -0.132. The molecule has 0 heterocycles. The average molecular weight is 248 g/mol. The van der Waals surface area contributed by atoms with Gasteiger partial charge in [0.05, 0.1) is 4.32 Å². The number of carbonyl (C=O) groups excluding carboxylic acids is 1. The number of hydrogen-bond acceptors (Lipinski definition) is 1. The number of nitrogens with zero attached hydrogens (tertiary/aromatic N) is 1. The van der Waals surface area contributed by atoms with Gasteiger partial charge in [0.1, 0.15) is 0 Å². The molecule has 0 saturated heterocycles. The third kappa shape index (κ3) is 2.97. The number of halogens is 1. The van der Waals surface area contributed by atoms with Gasteiger partial charge in [-0.1, -0.05) is 22.4 Å². The third-order valence-corrected chi connectivity index (χ3v) is 2.95. The lowest BCUT2D eigenvalue weighted by Gasteiger charge is -2.32. The van der Waals surface area contributed by atoms with Crippen molar-refractivity contribution in [1.29, 1.82) is 0 Å². The summed E-state index contributed by atoms with van der Waals surface area (Å²) in [5.41, 5.74) is 0. The van der Waals surface area contributed by atoms with Crippen LogP contribution in [-0.4, -0.2) is 28.7 Å². The lowest BCUT2D eigenvalue weighted by atomic mass is 9.85. The standard InChI is InChI=1S/C10H18BrNO/c1-10(2,11)9(13)12(3)7-8-5-4-6-8/h8H,4-7H2,1-3H3. The topological polar surface area (TPSA) is 20.3 Å². The second-order valence-electron chi connectivity index (χ2n) is 4.46. The minimum atomic E-state index is -0.411. The van der Waals surface area contributed by atoms with E-state index in [0.29, 0.717) is 0 Å². The SMILES string of the molecule is CN(CC1CCC1)C(=O)C(C)(C)Br. The summed E-state index contributed by atoms with van der Waals surface area (Å²) in [5.74, 6) is 0.934. The number of alkyl halides is 1. The van der Waals surface area contributed by atoms with Gasteiger partial charge in [-0.3, -0.25) is 4.79 Å². The second-order valence-corrected chi connectivity index (χ2v) is 6.44. The first-order chi connectivity index (χ1) is 5.91. The molecule has 0 aromatic heterocycles. The smallest absolute Gasteiger partial charge is 0.238 e. The lowest BCUT2D eigenvalue weighted by Crippen LogP contribution is -2.42. The van der Waals surface area contributed by atoms with E-state index in [-0.39, 0.29) is 5.91 Å². The summed E-state index contributed by atoms with van der Waals surface area (Å²) in [6, 6.07) is 0. The summed E-state index contributed by atoms with van der Waals surface area (Å²) >= 11 is 3.38. The second kappa shape index (κ2) is 3.99. The van der Waals surface area contributed by atoms with Gasteiger partial charge in [0.15, 0.2) is 0 Å². The number of amides is 1. The van der Waals surface area contributed by atoms with E-state index in [2.05, 4.69) is 15.9 Å². The van der Waals surface area contributed by atoms with E-state index in [0.717, 1.165) is 12.5 Å². The van der Waals surface area contributed by atoms with E-state index in [1.807, 2.05) is 25.8 Å². The van der Waals surface area contributed by atoms with Crippen LogP contribution in [0.3, 0.4) is 0 Å². The van der Waals surface area contributed by atoms with Crippen LogP contribution in [0.2, 0.25) is 0 Å². The van der Waals surface area contributed by atoms with E-state index in [4.69, 9.17) is 0 Å². The van der Waals surface area contributed by atoms with Crippen LogP contribution in [0.4, 0.5) is 0 Å². The van der Waals surface area contributed by atoms with Crippen LogP contribution in [0.1, 0.15) is 33.1 Å². The van der Waals surface area contributed by atoms with Crippen molar-refractivity contribution in [2.75, 3.05) is 13.6 Å². The van der Waals surface area contributed by atoms with Crippen molar-refractivity contribution >= 4 is 21.8 Å². The Morgan fingerprint density at radius 1 is 1.54 bits per heavy atom. The number of hydrogen-bond donors (Lipinski definition) is 0. The highest BCUT2D eigenvalue weighted by molar-refractivity contribution is 9.10. The normalized spacial score (nSPS) is 18.2. The summed E-state index contributed by atoms with van der Waals surface area (Å²) in [4.78, 5) is 13.6. The fourth-order valence-corrected chi connectivity index (χ4v) is 1.90. The molecule has 0 N–H and O–H groups in total. The highest BCUT2D eigenvalue weighted by Gasteiger charge is 2.29. The molecule has 1 fully saturated rings. The molecule has 3 heteroatoms. The average Bonchev–Trinajstić information content (AvgIpc) is 1.93. The summed E-state index contributed by atoms with van der Waals surface area (Å²) < 4.78 is -0.411. The number of rotatable bonds is 3. The minimum absolute atomic E-state index is 0.180. The highest BCUT2D eigenvalue weighted by atomic mass is 79.9. The zero-order valence-corrected chi connectivity index (χ0v) is 10.2. The molecule has 2 nitrogen and oxygen atoms in total. The molecular weight excluding hydrogens is 230 g/mol. The van der Waals surface area contributed by atoms with Gasteiger partial charge in [0, 0.05) is 13.6 Å². The van der Waals surface area contributed by atoms with Crippen molar-refractivity contribution in [1.82, 2.24) is 4.90 Å². The molecule has 0 spiro atoms. The molecule has 0 atom stereocenters. The van der Waals surface area contributed by atoms with Crippen molar-refractivity contribution in [2.24, 2.45) is 5.92 Å². The predicted octanol–water partition coefficient (Wildman–Crippen LogP) is 2.42. The molecule has 0 unspecified atom stereocenters. The molecule has 1 saturated carbocycles. The maximum atomic E-state index is 11.7. The third-order valence-electron chi connectivity index (χ3n) is 2.61. The Kier molecular flexibility index (Phi) is 3.38. The Morgan fingerprint density at radius 2 is 2.08 bits per heavy atom. The molecule has 13 heavy (non-hydrogen) atoms. The molecule has 1 rings (SSSR count). The summed E-state index contributed by atoms with van der Waals surface area (Å²) in [6.45, 7) is 4.72. The molecule has 1 aliphatic rings. The van der Waals surface area contributed by atoms with Gasteiger partial charge in [0.25, 0.3) is 0 Å². The van der Waals surface area contributed by atoms with Crippen molar-refractivity contribution < 1.29 is 4.79 Å². The maximum Gasteiger partial charge on any atom is 0.238 e. The largest absolute Gasteiger partial charge is 0.344 e. The van der Waals surface area contributed by atoms with Crippen molar-refractivity contribution in [3.63, 3.8) is 0 Å². The van der Waals surface area contributed by atoms with Crippen molar-refractivity contribution in [3.05, 3.63) is 0 Å². The molecule has 1 amide bonds. The van der Waals surface area contributed by atoms with Gasteiger partial charge >= 0.3 is 0 Å². The van der Waals surface area contributed by atoms with E-state index in [1.54, 1.807) is 0 Å². The fourth-order valence-electron chi connectivity index (χ4n) is 1.60. The highest BCUT2D eigenvalue weighted by Crippen LogP contribution is 2.28. The minimum Gasteiger partial charge on any atom is -0.344 e. The first kappa shape index (κ1) is 11.0. The van der Waals surface area contributed by atoms with Crippen LogP contribution in [-0.2, 0) is 4.79 Å². The molecule has 0 bridgehead atoms. The van der Waals surface area contributed by atoms with Crippen LogP contribution < -0.4 is 0 Å². The van der Waals surface area contributed by atoms with Gasteiger partial charge < -0.3 is 4.90 Å². The van der Waals surface area contributed by atoms with E-state index in [9.17, 15) is 4.79 Å². The monoisotopic (exact) mass is 247 g/mol. The van der Waals surface area contributed by atoms with Crippen LogP contribution >= 0.6 is 15.9 Å². The molecule has 0 aliphatic heterocycles. The van der Waals surface area contributed by atoms with E-state index in [1.165, 1.54) is 19.3 Å². The Hall–Kier alpha value is -0.0500. The van der Waals surface area contributed by atoms with Crippen LogP contribution in [0.15, 0.2) is 0 Å². The van der Waals surface area contributed by atoms with E-state index >= 15 is 0 Å². The molecule has 0 radical (unpaired) electrons. The Labute approximate surface area is 88.8 Å². The summed E-state index contributed by atoms with van der Waals surface area (Å²) in [5, 5.41) is 0. The van der Waals surface area contributed by atoms with Gasteiger partial charge in [0.2, 0.25) is 5.91 Å². The van der Waals surface area contributed by atoms with E-state index < -0.39 is 4.32 Å². The first-order valence-electron chi connectivity index (χ1n) is 4.85. The van der Waals surface area contributed by atoms with Crippen molar-refractivity contribution in [3.8, 4) is 0 Å². The van der Waals surface area contributed by atoms with Gasteiger partial charge in [-0.05, 0) is 32.6 Å². The summed E-state index contributed by atoms with van der Waals surface area (Å²) in [6.07, 6.45) is 3.92. The quantitative estimate of drug-likeness (QED) is 0.702. The first-order valence-corrected chi connectivity index (χ1v) is 5.65. The Balaban J connectivity index is 2.37. The molecule has 0 aromatic carbocycles. The van der Waals surface area contributed by atoms with Gasteiger partial charge in [-0.15, -0.1) is 0 Å². The van der Waals surface area contributed by atoms with Crippen molar-refractivity contribution in [2.45, 2.75) is 37.4 Å². The van der Waals surface area contributed by atoms with Crippen LogP contribution in [0.5, 0.6) is 0 Å². The molecule has 0 aromatic rings. The fraction of sp³-hybridized carbons (Fsp3) is 0.900. The molecule has 76 valence electrons. The number of carbonyl (C=O) groups is 1. The zero-order valence-electron chi connectivity index (χ0n) is 8.64.